The summed E-state index contributed by atoms with van der Waals surface area (Å²) in [5.74, 6) is 0.0763. The molecule has 0 spiro atoms. The summed E-state index contributed by atoms with van der Waals surface area (Å²) in [7, 11) is 1.46. The first-order valence-electron chi connectivity index (χ1n) is 9.40. The van der Waals surface area contributed by atoms with Crippen molar-refractivity contribution in [3.05, 3.63) is 52.0 Å². The Labute approximate surface area is 180 Å². The predicted octanol–water partition coefficient (Wildman–Crippen LogP) is 4.31. The van der Waals surface area contributed by atoms with Gasteiger partial charge < -0.3 is 19.9 Å². The lowest BCUT2D eigenvalue weighted by atomic mass is 10.1. The first-order chi connectivity index (χ1) is 13.9. The molecule has 3 rings (SSSR count). The van der Waals surface area contributed by atoms with Crippen LogP contribution in [-0.4, -0.2) is 50.0 Å². The lowest BCUT2D eigenvalue weighted by Crippen LogP contribution is -2.48. The number of piperazine rings is 1. The molecule has 0 aliphatic carbocycles. The molecular formula is C21H23Cl2N3O3. The second kappa shape index (κ2) is 9.37. The molecule has 1 aliphatic rings. The molecule has 0 unspecified atom stereocenters. The zero-order valence-electron chi connectivity index (χ0n) is 16.4. The summed E-state index contributed by atoms with van der Waals surface area (Å²) >= 11 is 12.2. The van der Waals surface area contributed by atoms with Crippen LogP contribution in [-0.2, 0) is 4.79 Å². The summed E-state index contributed by atoms with van der Waals surface area (Å²) in [6.45, 7) is 4.59. The van der Waals surface area contributed by atoms with Crippen molar-refractivity contribution >= 4 is 46.4 Å². The van der Waals surface area contributed by atoms with Crippen LogP contribution in [0.3, 0.4) is 0 Å². The van der Waals surface area contributed by atoms with E-state index < -0.39 is 0 Å². The van der Waals surface area contributed by atoms with Crippen LogP contribution in [0.2, 0.25) is 10.0 Å². The summed E-state index contributed by atoms with van der Waals surface area (Å²) in [4.78, 5) is 28.9. The summed E-state index contributed by atoms with van der Waals surface area (Å²) in [6, 6.07) is 10.6. The molecule has 0 bridgehead atoms. The monoisotopic (exact) mass is 435 g/mol. The maximum absolute atomic E-state index is 12.9. The van der Waals surface area contributed by atoms with E-state index >= 15 is 0 Å². The minimum absolute atomic E-state index is 0.163. The van der Waals surface area contributed by atoms with E-state index in [9.17, 15) is 9.59 Å². The van der Waals surface area contributed by atoms with Gasteiger partial charge in [0.2, 0.25) is 5.91 Å². The van der Waals surface area contributed by atoms with Crippen LogP contribution in [0.1, 0.15) is 23.7 Å². The summed E-state index contributed by atoms with van der Waals surface area (Å²) in [5, 5.41) is 3.57. The van der Waals surface area contributed by atoms with Crippen molar-refractivity contribution in [3.8, 4) is 5.75 Å². The fourth-order valence-electron chi connectivity index (χ4n) is 3.40. The number of carbonyl (C=O) groups is 2. The minimum atomic E-state index is -0.363. The third-order valence-corrected chi connectivity index (χ3v) is 5.38. The fraction of sp³-hybridized carbons (Fsp3) is 0.333. The quantitative estimate of drug-likeness (QED) is 0.759. The number of hydrogen-bond donors (Lipinski definition) is 1. The zero-order valence-corrected chi connectivity index (χ0v) is 17.9. The molecule has 2 aromatic rings. The van der Waals surface area contributed by atoms with Gasteiger partial charge in [-0.1, -0.05) is 42.3 Å². The number of nitrogens with one attached hydrogen (secondary N) is 1. The number of carbonyl (C=O) groups excluding carboxylic acids is 2. The summed E-state index contributed by atoms with van der Waals surface area (Å²) in [5.41, 5.74) is 1.83. The molecule has 0 saturated carbocycles. The van der Waals surface area contributed by atoms with E-state index in [0.29, 0.717) is 43.3 Å². The highest BCUT2D eigenvalue weighted by atomic mass is 35.5. The third-order valence-electron chi connectivity index (χ3n) is 4.88. The molecule has 1 fully saturated rings. The van der Waals surface area contributed by atoms with E-state index in [1.54, 1.807) is 0 Å². The highest BCUT2D eigenvalue weighted by molar-refractivity contribution is 6.36. The Bertz CT molecular complexity index is 912. The molecule has 2 amide bonds. The third kappa shape index (κ3) is 4.77. The van der Waals surface area contributed by atoms with Crippen molar-refractivity contribution in [2.45, 2.75) is 13.3 Å². The van der Waals surface area contributed by atoms with Crippen LogP contribution < -0.4 is 15.0 Å². The number of anilines is 2. The zero-order chi connectivity index (χ0) is 21.0. The summed E-state index contributed by atoms with van der Waals surface area (Å²) in [6.07, 6.45) is 0.511. The van der Waals surface area contributed by atoms with Crippen molar-refractivity contribution in [1.82, 2.24) is 4.90 Å². The Hall–Kier alpha value is -2.44. The Morgan fingerprint density at radius 2 is 1.79 bits per heavy atom. The van der Waals surface area contributed by atoms with E-state index in [1.807, 2.05) is 36.1 Å². The molecule has 1 N–H and O–H groups in total. The van der Waals surface area contributed by atoms with Gasteiger partial charge in [-0.25, -0.2) is 0 Å². The average Bonchev–Trinajstić information content (AvgIpc) is 2.73. The highest BCUT2D eigenvalue weighted by Crippen LogP contribution is 2.34. The Morgan fingerprint density at radius 3 is 2.45 bits per heavy atom. The number of nitrogens with zero attached hydrogens (tertiary/aromatic N) is 2. The Morgan fingerprint density at radius 1 is 1.10 bits per heavy atom. The lowest BCUT2D eigenvalue weighted by Gasteiger charge is -2.36. The van der Waals surface area contributed by atoms with Crippen molar-refractivity contribution in [1.29, 1.82) is 0 Å². The van der Waals surface area contributed by atoms with Crippen LogP contribution in [0, 0.1) is 0 Å². The number of rotatable bonds is 5. The van der Waals surface area contributed by atoms with Crippen molar-refractivity contribution in [2.24, 2.45) is 0 Å². The number of amides is 2. The van der Waals surface area contributed by atoms with Crippen LogP contribution in [0.15, 0.2) is 36.4 Å². The van der Waals surface area contributed by atoms with Gasteiger partial charge in [-0.15, -0.1) is 0 Å². The number of halogens is 2. The van der Waals surface area contributed by atoms with Gasteiger partial charge in [-0.05, 0) is 24.3 Å². The molecular weight excluding hydrogens is 413 g/mol. The highest BCUT2D eigenvalue weighted by Gasteiger charge is 2.23. The van der Waals surface area contributed by atoms with Gasteiger partial charge in [0.15, 0.2) is 0 Å². The molecule has 1 heterocycles. The maximum atomic E-state index is 12.9. The number of benzene rings is 2. The standard InChI is InChI=1S/C21H23Cl2N3O3/c1-3-19(27)26-10-8-25(9-11-26)18-7-5-4-6-17(18)24-21(28)15-12-14(22)13-16(23)20(15)29-2/h4-7,12-13H,3,8-11H2,1-2H3,(H,24,28). The smallest absolute Gasteiger partial charge is 0.259 e. The molecule has 0 radical (unpaired) electrons. The molecule has 6 nitrogen and oxygen atoms in total. The molecule has 8 heteroatoms. The fourth-order valence-corrected chi connectivity index (χ4v) is 3.97. The number of ether oxygens (including phenoxy) is 1. The van der Waals surface area contributed by atoms with Crippen LogP contribution in [0.25, 0.3) is 0 Å². The topological polar surface area (TPSA) is 61.9 Å². The van der Waals surface area contributed by atoms with Crippen LogP contribution in [0.4, 0.5) is 11.4 Å². The Kier molecular flexibility index (Phi) is 6.87. The molecule has 0 aromatic heterocycles. The second-order valence-electron chi connectivity index (χ2n) is 6.66. The number of methoxy groups -OCH3 is 1. The van der Waals surface area contributed by atoms with Gasteiger partial charge in [0.05, 0.1) is 29.1 Å². The molecule has 0 atom stereocenters. The van der Waals surface area contributed by atoms with E-state index in [-0.39, 0.29) is 28.1 Å². The SMILES string of the molecule is CCC(=O)N1CCN(c2ccccc2NC(=O)c2cc(Cl)cc(Cl)c2OC)CC1. The average molecular weight is 436 g/mol. The maximum Gasteiger partial charge on any atom is 0.259 e. The van der Waals surface area contributed by atoms with E-state index in [4.69, 9.17) is 27.9 Å². The van der Waals surface area contributed by atoms with Crippen molar-refractivity contribution in [2.75, 3.05) is 43.5 Å². The van der Waals surface area contributed by atoms with Gasteiger partial charge in [0.1, 0.15) is 5.75 Å². The normalized spacial score (nSPS) is 13.9. The largest absolute Gasteiger partial charge is 0.494 e. The number of hydrogen-bond acceptors (Lipinski definition) is 4. The lowest BCUT2D eigenvalue weighted by molar-refractivity contribution is -0.131. The summed E-state index contributed by atoms with van der Waals surface area (Å²) < 4.78 is 5.28. The second-order valence-corrected chi connectivity index (χ2v) is 7.50. The van der Waals surface area contributed by atoms with Gasteiger partial charge >= 0.3 is 0 Å². The van der Waals surface area contributed by atoms with Gasteiger partial charge in [-0.2, -0.15) is 0 Å². The van der Waals surface area contributed by atoms with E-state index in [0.717, 1.165) is 5.69 Å². The first-order valence-corrected chi connectivity index (χ1v) is 10.2. The minimum Gasteiger partial charge on any atom is -0.494 e. The molecule has 1 aliphatic heterocycles. The molecule has 2 aromatic carbocycles. The predicted molar refractivity (Wildman–Crippen MR) is 116 cm³/mol. The van der Waals surface area contributed by atoms with Crippen LogP contribution in [0.5, 0.6) is 5.75 Å². The van der Waals surface area contributed by atoms with Crippen LogP contribution >= 0.6 is 23.2 Å². The number of para-hydroxylation sites is 2. The van der Waals surface area contributed by atoms with Gasteiger partial charge in [-0.3, -0.25) is 9.59 Å². The molecule has 29 heavy (non-hydrogen) atoms. The van der Waals surface area contributed by atoms with Crippen molar-refractivity contribution in [3.63, 3.8) is 0 Å². The van der Waals surface area contributed by atoms with Crippen molar-refractivity contribution < 1.29 is 14.3 Å². The molecule has 154 valence electrons. The Balaban J connectivity index is 1.80. The first kappa shape index (κ1) is 21.3. The van der Waals surface area contributed by atoms with Gasteiger partial charge in [0.25, 0.3) is 5.91 Å². The van der Waals surface area contributed by atoms with E-state index in [1.165, 1.54) is 19.2 Å². The van der Waals surface area contributed by atoms with Gasteiger partial charge in [0, 0.05) is 37.6 Å². The van der Waals surface area contributed by atoms with E-state index in [2.05, 4.69) is 10.2 Å². The molecule has 1 saturated heterocycles.